The minimum Gasteiger partial charge on any atom is -0.380 e. The SMILES string of the molecule is CC1(CNC(=O)c2cccc(Cl)n2)COC1. The molecule has 86 valence electrons. The fraction of sp³-hybridized carbons (Fsp3) is 0.455. The Labute approximate surface area is 99.0 Å². The highest BCUT2D eigenvalue weighted by Crippen LogP contribution is 2.25. The number of amides is 1. The van der Waals surface area contributed by atoms with E-state index in [1.165, 1.54) is 0 Å². The number of carbonyl (C=O) groups is 1. The van der Waals surface area contributed by atoms with Crippen LogP contribution in [-0.2, 0) is 4.74 Å². The summed E-state index contributed by atoms with van der Waals surface area (Å²) in [6.45, 7) is 4.05. The van der Waals surface area contributed by atoms with Crippen LogP contribution < -0.4 is 5.32 Å². The summed E-state index contributed by atoms with van der Waals surface area (Å²) in [6, 6.07) is 4.98. The summed E-state index contributed by atoms with van der Waals surface area (Å²) in [5, 5.41) is 3.15. The van der Waals surface area contributed by atoms with Crippen molar-refractivity contribution in [2.75, 3.05) is 19.8 Å². The molecule has 0 aliphatic carbocycles. The molecule has 0 saturated carbocycles. The number of carbonyl (C=O) groups excluding carboxylic acids is 1. The molecule has 2 rings (SSSR count). The zero-order chi connectivity index (χ0) is 11.6. The molecule has 0 unspecified atom stereocenters. The lowest BCUT2D eigenvalue weighted by atomic mass is 9.89. The van der Waals surface area contributed by atoms with Crippen LogP contribution in [-0.4, -0.2) is 30.6 Å². The van der Waals surface area contributed by atoms with Gasteiger partial charge in [-0.2, -0.15) is 0 Å². The number of pyridine rings is 1. The van der Waals surface area contributed by atoms with Crippen molar-refractivity contribution in [1.29, 1.82) is 0 Å². The van der Waals surface area contributed by atoms with Crippen LogP contribution in [0.25, 0.3) is 0 Å². The van der Waals surface area contributed by atoms with Gasteiger partial charge in [0.25, 0.3) is 5.91 Å². The molecule has 0 bridgehead atoms. The molecule has 5 heteroatoms. The molecule has 1 aromatic rings. The van der Waals surface area contributed by atoms with Gasteiger partial charge in [0.15, 0.2) is 0 Å². The molecule has 1 N–H and O–H groups in total. The van der Waals surface area contributed by atoms with Crippen LogP contribution in [0.3, 0.4) is 0 Å². The summed E-state index contributed by atoms with van der Waals surface area (Å²) in [4.78, 5) is 15.7. The van der Waals surface area contributed by atoms with Gasteiger partial charge in [0.05, 0.1) is 13.2 Å². The van der Waals surface area contributed by atoms with Gasteiger partial charge in [-0.3, -0.25) is 4.79 Å². The highest BCUT2D eigenvalue weighted by Gasteiger charge is 2.33. The average molecular weight is 241 g/mol. The summed E-state index contributed by atoms with van der Waals surface area (Å²) in [7, 11) is 0. The first-order chi connectivity index (χ1) is 7.59. The van der Waals surface area contributed by atoms with Crippen molar-refractivity contribution in [3.8, 4) is 0 Å². The normalized spacial score (nSPS) is 17.6. The molecule has 1 aliphatic rings. The molecule has 0 radical (unpaired) electrons. The van der Waals surface area contributed by atoms with E-state index in [9.17, 15) is 4.79 Å². The van der Waals surface area contributed by atoms with Gasteiger partial charge < -0.3 is 10.1 Å². The van der Waals surface area contributed by atoms with Gasteiger partial charge >= 0.3 is 0 Å². The lowest BCUT2D eigenvalue weighted by Gasteiger charge is -2.37. The summed E-state index contributed by atoms with van der Waals surface area (Å²) >= 11 is 5.71. The van der Waals surface area contributed by atoms with E-state index in [-0.39, 0.29) is 11.3 Å². The Bertz CT molecular complexity index is 405. The fourth-order valence-corrected chi connectivity index (χ4v) is 1.64. The van der Waals surface area contributed by atoms with Crippen LogP contribution in [0.1, 0.15) is 17.4 Å². The molecule has 2 heterocycles. The van der Waals surface area contributed by atoms with Crippen LogP contribution in [0.5, 0.6) is 0 Å². The highest BCUT2D eigenvalue weighted by atomic mass is 35.5. The standard InChI is InChI=1S/C11H13ClN2O2/c1-11(6-16-7-11)5-13-10(15)8-3-2-4-9(12)14-8/h2-4H,5-7H2,1H3,(H,13,15). The van der Waals surface area contributed by atoms with Gasteiger partial charge in [0.1, 0.15) is 10.8 Å². The minimum absolute atomic E-state index is 0.0637. The van der Waals surface area contributed by atoms with Crippen molar-refractivity contribution in [2.45, 2.75) is 6.92 Å². The van der Waals surface area contributed by atoms with Crippen LogP contribution >= 0.6 is 11.6 Å². The van der Waals surface area contributed by atoms with E-state index < -0.39 is 0 Å². The monoisotopic (exact) mass is 240 g/mol. The largest absolute Gasteiger partial charge is 0.380 e. The van der Waals surface area contributed by atoms with E-state index >= 15 is 0 Å². The van der Waals surface area contributed by atoms with Gasteiger partial charge in [0, 0.05) is 12.0 Å². The zero-order valence-corrected chi connectivity index (χ0v) is 9.75. The third-order valence-electron chi connectivity index (χ3n) is 2.52. The quantitative estimate of drug-likeness (QED) is 0.815. The molecule has 1 fully saturated rings. The maximum Gasteiger partial charge on any atom is 0.269 e. The lowest BCUT2D eigenvalue weighted by molar-refractivity contribution is -0.0978. The minimum atomic E-state index is -0.198. The smallest absolute Gasteiger partial charge is 0.269 e. The van der Waals surface area contributed by atoms with Gasteiger partial charge in [-0.1, -0.05) is 24.6 Å². The van der Waals surface area contributed by atoms with Crippen molar-refractivity contribution in [1.82, 2.24) is 10.3 Å². The van der Waals surface area contributed by atoms with Crippen molar-refractivity contribution >= 4 is 17.5 Å². The van der Waals surface area contributed by atoms with E-state index in [0.29, 0.717) is 30.6 Å². The first-order valence-corrected chi connectivity index (χ1v) is 5.45. The predicted molar refractivity (Wildman–Crippen MR) is 60.5 cm³/mol. The molecule has 4 nitrogen and oxygen atoms in total. The number of aromatic nitrogens is 1. The Balaban J connectivity index is 1.93. The third kappa shape index (κ3) is 2.51. The maximum absolute atomic E-state index is 11.7. The number of hydrogen-bond donors (Lipinski definition) is 1. The number of nitrogens with zero attached hydrogens (tertiary/aromatic N) is 1. The summed E-state index contributed by atoms with van der Waals surface area (Å²) in [5.74, 6) is -0.198. The summed E-state index contributed by atoms with van der Waals surface area (Å²) in [6.07, 6.45) is 0. The Morgan fingerprint density at radius 1 is 1.62 bits per heavy atom. The van der Waals surface area contributed by atoms with Gasteiger partial charge in [-0.05, 0) is 12.1 Å². The molecular weight excluding hydrogens is 228 g/mol. The Morgan fingerprint density at radius 3 is 2.94 bits per heavy atom. The van der Waals surface area contributed by atoms with E-state index in [4.69, 9.17) is 16.3 Å². The summed E-state index contributed by atoms with van der Waals surface area (Å²) < 4.78 is 5.11. The van der Waals surface area contributed by atoms with Crippen LogP contribution in [0.4, 0.5) is 0 Å². The molecule has 16 heavy (non-hydrogen) atoms. The van der Waals surface area contributed by atoms with Crippen molar-refractivity contribution in [2.24, 2.45) is 5.41 Å². The molecule has 1 aliphatic heterocycles. The lowest BCUT2D eigenvalue weighted by Crippen LogP contribution is -2.48. The Hall–Kier alpha value is -1.13. The van der Waals surface area contributed by atoms with Gasteiger partial charge in [0.2, 0.25) is 0 Å². The number of rotatable bonds is 3. The predicted octanol–water partition coefficient (Wildman–Crippen LogP) is 1.50. The first kappa shape index (κ1) is 11.4. The van der Waals surface area contributed by atoms with Crippen LogP contribution in [0.15, 0.2) is 18.2 Å². The first-order valence-electron chi connectivity index (χ1n) is 5.08. The average Bonchev–Trinajstić information content (AvgIpc) is 2.23. The molecule has 1 saturated heterocycles. The number of halogens is 1. The zero-order valence-electron chi connectivity index (χ0n) is 9.00. The van der Waals surface area contributed by atoms with E-state index in [1.54, 1.807) is 18.2 Å². The Kier molecular flexibility index (Phi) is 3.12. The third-order valence-corrected chi connectivity index (χ3v) is 2.74. The molecule has 1 amide bonds. The van der Waals surface area contributed by atoms with E-state index in [0.717, 1.165) is 0 Å². The number of ether oxygens (including phenoxy) is 1. The second-order valence-electron chi connectivity index (χ2n) is 4.33. The molecule has 0 aromatic carbocycles. The van der Waals surface area contributed by atoms with Crippen LogP contribution in [0.2, 0.25) is 5.15 Å². The van der Waals surface area contributed by atoms with Crippen molar-refractivity contribution in [3.63, 3.8) is 0 Å². The van der Waals surface area contributed by atoms with Crippen molar-refractivity contribution in [3.05, 3.63) is 29.0 Å². The summed E-state index contributed by atoms with van der Waals surface area (Å²) in [5.41, 5.74) is 0.408. The second-order valence-corrected chi connectivity index (χ2v) is 4.72. The fourth-order valence-electron chi connectivity index (χ4n) is 1.47. The number of nitrogens with one attached hydrogen (secondary N) is 1. The molecule has 0 atom stereocenters. The molecular formula is C11H13ClN2O2. The van der Waals surface area contributed by atoms with Gasteiger partial charge in [-0.15, -0.1) is 0 Å². The highest BCUT2D eigenvalue weighted by molar-refractivity contribution is 6.29. The second kappa shape index (κ2) is 4.39. The number of hydrogen-bond acceptors (Lipinski definition) is 3. The van der Waals surface area contributed by atoms with Crippen molar-refractivity contribution < 1.29 is 9.53 Å². The van der Waals surface area contributed by atoms with Crippen LogP contribution in [0, 0.1) is 5.41 Å². The molecule has 0 spiro atoms. The van der Waals surface area contributed by atoms with E-state index in [2.05, 4.69) is 17.2 Å². The molecule has 1 aromatic heterocycles. The van der Waals surface area contributed by atoms with Gasteiger partial charge in [-0.25, -0.2) is 4.98 Å². The topological polar surface area (TPSA) is 51.2 Å². The van der Waals surface area contributed by atoms with E-state index in [1.807, 2.05) is 0 Å². The Morgan fingerprint density at radius 2 is 2.38 bits per heavy atom. The maximum atomic E-state index is 11.7.